The van der Waals surface area contributed by atoms with E-state index in [9.17, 15) is 4.39 Å². The van der Waals surface area contributed by atoms with Crippen molar-refractivity contribution in [1.82, 2.24) is 0 Å². The van der Waals surface area contributed by atoms with Gasteiger partial charge in [-0.25, -0.2) is 0 Å². The fourth-order valence-corrected chi connectivity index (χ4v) is 4.64. The first-order chi connectivity index (χ1) is 14.7. The predicted molar refractivity (Wildman–Crippen MR) is 126 cm³/mol. The summed E-state index contributed by atoms with van der Waals surface area (Å²) >= 11 is 0. The van der Waals surface area contributed by atoms with Crippen LogP contribution in [-0.4, -0.2) is 0 Å². The Morgan fingerprint density at radius 1 is 0.933 bits per heavy atom. The summed E-state index contributed by atoms with van der Waals surface area (Å²) in [5, 5.41) is 8.37. The van der Waals surface area contributed by atoms with Crippen LogP contribution in [-0.2, 0) is 12.8 Å². The lowest BCUT2D eigenvalue weighted by Gasteiger charge is -2.28. The Morgan fingerprint density at radius 3 is 2.07 bits per heavy atom. The van der Waals surface area contributed by atoms with Gasteiger partial charge < -0.3 is 0 Å². The number of hydrogen-bond donors (Lipinski definition) is 0. The van der Waals surface area contributed by atoms with Crippen molar-refractivity contribution in [1.29, 1.82) is 5.26 Å². The standard InChI is InChI=1S/C28H40FN/c1-2-3-5-10-24-15-19-26(20-16-24)12-8-9-13-27-21-17-25(18-22-27)11-6-4-7-14-28(29)23-30/h4,7,14-16,19-20,25,27H,2-3,5-6,8-13,17-18,21-22H2,1H3. The van der Waals surface area contributed by atoms with Crippen LogP contribution in [0.4, 0.5) is 4.39 Å². The molecule has 0 saturated heterocycles. The van der Waals surface area contributed by atoms with Gasteiger partial charge in [0.15, 0.2) is 5.83 Å². The van der Waals surface area contributed by atoms with Crippen molar-refractivity contribution in [2.24, 2.45) is 11.8 Å². The molecule has 0 amide bonds. The molecule has 0 N–H and O–H groups in total. The van der Waals surface area contributed by atoms with Crippen molar-refractivity contribution >= 4 is 0 Å². The monoisotopic (exact) mass is 409 g/mol. The van der Waals surface area contributed by atoms with Gasteiger partial charge in [-0.2, -0.15) is 9.65 Å². The van der Waals surface area contributed by atoms with Gasteiger partial charge in [0.1, 0.15) is 6.07 Å². The fraction of sp³-hybridized carbons (Fsp3) is 0.607. The first-order valence-electron chi connectivity index (χ1n) is 12.2. The smallest absolute Gasteiger partial charge is 0.195 e. The third-order valence-electron chi connectivity index (χ3n) is 6.61. The van der Waals surface area contributed by atoms with Crippen molar-refractivity contribution in [3.05, 3.63) is 59.4 Å². The van der Waals surface area contributed by atoms with Gasteiger partial charge >= 0.3 is 0 Å². The lowest BCUT2D eigenvalue weighted by molar-refractivity contribution is 0.250. The highest BCUT2D eigenvalue weighted by molar-refractivity contribution is 5.22. The number of nitrogens with zero attached hydrogens (tertiary/aromatic N) is 1. The minimum absolute atomic E-state index is 0.716. The van der Waals surface area contributed by atoms with Gasteiger partial charge in [-0.15, -0.1) is 0 Å². The number of rotatable bonds is 13. The lowest BCUT2D eigenvalue weighted by atomic mass is 9.78. The topological polar surface area (TPSA) is 23.8 Å². The molecule has 30 heavy (non-hydrogen) atoms. The quantitative estimate of drug-likeness (QED) is 0.182. The van der Waals surface area contributed by atoms with Gasteiger partial charge in [0, 0.05) is 0 Å². The number of benzene rings is 1. The molecule has 0 aliphatic heterocycles. The van der Waals surface area contributed by atoms with Crippen molar-refractivity contribution in [3.63, 3.8) is 0 Å². The minimum Gasteiger partial charge on any atom is -0.195 e. The first-order valence-corrected chi connectivity index (χ1v) is 12.2. The normalized spacial score (nSPS) is 19.8. The predicted octanol–water partition coefficient (Wildman–Crippen LogP) is 8.65. The molecule has 0 atom stereocenters. The highest BCUT2D eigenvalue weighted by Gasteiger charge is 2.20. The Kier molecular flexibility index (Phi) is 12.2. The number of aryl methyl sites for hydroxylation is 2. The van der Waals surface area contributed by atoms with E-state index in [0.717, 1.165) is 18.3 Å². The van der Waals surface area contributed by atoms with Crippen LogP contribution in [0, 0.1) is 23.2 Å². The Balaban J connectivity index is 1.52. The zero-order chi connectivity index (χ0) is 21.4. The Morgan fingerprint density at radius 2 is 1.50 bits per heavy atom. The molecule has 1 aliphatic rings. The van der Waals surface area contributed by atoms with E-state index in [0.29, 0.717) is 0 Å². The van der Waals surface area contributed by atoms with Gasteiger partial charge in [0.05, 0.1) is 0 Å². The summed E-state index contributed by atoms with van der Waals surface area (Å²) in [6, 6.07) is 10.8. The van der Waals surface area contributed by atoms with Crippen molar-refractivity contribution in [3.8, 4) is 6.07 Å². The maximum atomic E-state index is 12.7. The van der Waals surface area contributed by atoms with E-state index in [4.69, 9.17) is 5.26 Å². The Bertz CT molecular complexity index is 672. The van der Waals surface area contributed by atoms with E-state index in [1.165, 1.54) is 107 Å². The largest absolute Gasteiger partial charge is 0.199 e. The first kappa shape index (κ1) is 24.4. The number of unbranched alkanes of at least 4 members (excludes halogenated alkanes) is 3. The van der Waals surface area contributed by atoms with Crippen LogP contribution in [0.5, 0.6) is 0 Å². The molecule has 2 rings (SSSR count). The summed E-state index contributed by atoms with van der Waals surface area (Å²) in [5.41, 5.74) is 2.99. The Hall–Kier alpha value is -1.88. The molecule has 0 heterocycles. The molecular weight excluding hydrogens is 369 g/mol. The van der Waals surface area contributed by atoms with Gasteiger partial charge in [-0.05, 0) is 67.6 Å². The van der Waals surface area contributed by atoms with Crippen LogP contribution in [0.3, 0.4) is 0 Å². The highest BCUT2D eigenvalue weighted by Crippen LogP contribution is 2.34. The summed E-state index contributed by atoms with van der Waals surface area (Å²) in [6.07, 6.45) is 23.0. The molecule has 1 nitrogen and oxygen atoms in total. The third kappa shape index (κ3) is 10.2. The van der Waals surface area contributed by atoms with Crippen molar-refractivity contribution < 1.29 is 4.39 Å². The van der Waals surface area contributed by atoms with E-state index in [1.54, 1.807) is 6.08 Å². The van der Waals surface area contributed by atoms with Crippen LogP contribution in [0.1, 0.15) is 95.1 Å². The third-order valence-corrected chi connectivity index (χ3v) is 6.61. The van der Waals surface area contributed by atoms with Gasteiger partial charge in [-0.3, -0.25) is 0 Å². The summed E-state index contributed by atoms with van der Waals surface area (Å²) in [6.45, 7) is 2.26. The molecule has 1 aromatic rings. The summed E-state index contributed by atoms with van der Waals surface area (Å²) < 4.78 is 12.7. The van der Waals surface area contributed by atoms with Crippen LogP contribution in [0.25, 0.3) is 0 Å². The average molecular weight is 410 g/mol. The van der Waals surface area contributed by atoms with E-state index < -0.39 is 5.83 Å². The molecule has 1 aromatic carbocycles. The number of nitriles is 1. The second-order valence-electron chi connectivity index (χ2n) is 9.04. The van der Waals surface area contributed by atoms with E-state index in [1.807, 2.05) is 6.08 Å². The van der Waals surface area contributed by atoms with Gasteiger partial charge in [-0.1, -0.05) is 94.7 Å². The number of halogens is 1. The van der Waals surface area contributed by atoms with Crippen molar-refractivity contribution in [2.45, 2.75) is 96.8 Å². The maximum Gasteiger partial charge on any atom is 0.199 e. The highest BCUT2D eigenvalue weighted by atomic mass is 19.1. The second kappa shape index (κ2) is 15.0. The summed E-state index contributed by atoms with van der Waals surface area (Å²) in [5.74, 6) is 1.03. The van der Waals surface area contributed by atoms with E-state index in [2.05, 4.69) is 31.2 Å². The molecule has 1 fully saturated rings. The molecule has 1 aliphatic carbocycles. The second-order valence-corrected chi connectivity index (χ2v) is 9.04. The number of allylic oxidation sites excluding steroid dienone is 4. The van der Waals surface area contributed by atoms with Crippen LogP contribution >= 0.6 is 0 Å². The average Bonchev–Trinajstić information content (AvgIpc) is 2.78. The van der Waals surface area contributed by atoms with Crippen LogP contribution in [0.2, 0.25) is 0 Å². The molecule has 0 radical (unpaired) electrons. The van der Waals surface area contributed by atoms with Gasteiger partial charge in [0.2, 0.25) is 0 Å². The fourth-order valence-electron chi connectivity index (χ4n) is 4.64. The molecular formula is C28H40FN. The van der Waals surface area contributed by atoms with Crippen LogP contribution in [0.15, 0.2) is 48.3 Å². The van der Waals surface area contributed by atoms with Gasteiger partial charge in [0.25, 0.3) is 0 Å². The lowest BCUT2D eigenvalue weighted by Crippen LogP contribution is -2.14. The van der Waals surface area contributed by atoms with E-state index in [-0.39, 0.29) is 0 Å². The Labute approximate surface area is 184 Å². The molecule has 164 valence electrons. The molecule has 0 bridgehead atoms. The van der Waals surface area contributed by atoms with E-state index >= 15 is 0 Å². The van der Waals surface area contributed by atoms with Crippen LogP contribution < -0.4 is 0 Å². The summed E-state index contributed by atoms with van der Waals surface area (Å²) in [4.78, 5) is 0. The SMILES string of the molecule is CCCCCc1ccc(CCCCC2CCC(CCC=CC=C(F)C#N)CC2)cc1. The molecule has 0 aromatic heterocycles. The molecule has 0 unspecified atom stereocenters. The number of hydrogen-bond acceptors (Lipinski definition) is 1. The zero-order valence-corrected chi connectivity index (χ0v) is 18.9. The molecule has 0 spiro atoms. The summed E-state index contributed by atoms with van der Waals surface area (Å²) in [7, 11) is 0. The van der Waals surface area contributed by atoms with Crippen molar-refractivity contribution in [2.75, 3.05) is 0 Å². The maximum absolute atomic E-state index is 12.7. The molecule has 2 heteroatoms. The zero-order valence-electron chi connectivity index (χ0n) is 18.9. The molecule has 1 saturated carbocycles. The minimum atomic E-state index is -0.716.